The lowest BCUT2D eigenvalue weighted by molar-refractivity contribution is -0.138. The molecule has 0 atom stereocenters. The molecule has 0 saturated carbocycles. The van der Waals surface area contributed by atoms with Crippen LogP contribution in [0.2, 0.25) is 5.02 Å². The summed E-state index contributed by atoms with van der Waals surface area (Å²) < 4.78 is 68.0. The van der Waals surface area contributed by atoms with Crippen LogP contribution >= 0.6 is 11.6 Å². The standard InChI is InChI=1S/C13H10ClF5N2O/c1-6-5-7(3-4-8(6)13(17,18)19)10-9(14)11(21(2)20-10)22-12(15)16/h3-5,12H,1-2H3. The number of hydrogen-bond acceptors (Lipinski definition) is 2. The summed E-state index contributed by atoms with van der Waals surface area (Å²) >= 11 is 5.93. The number of rotatable bonds is 3. The number of hydrogen-bond donors (Lipinski definition) is 0. The molecule has 0 aliphatic rings. The number of aromatic nitrogens is 2. The average molecular weight is 341 g/mol. The zero-order valence-electron chi connectivity index (χ0n) is 11.4. The summed E-state index contributed by atoms with van der Waals surface area (Å²) in [5, 5.41) is 3.72. The number of aryl methyl sites for hydroxylation is 2. The van der Waals surface area contributed by atoms with E-state index >= 15 is 0 Å². The molecule has 22 heavy (non-hydrogen) atoms. The van der Waals surface area contributed by atoms with Crippen LogP contribution in [0.25, 0.3) is 11.3 Å². The first-order chi connectivity index (χ1) is 10.1. The van der Waals surface area contributed by atoms with Crippen LogP contribution in [-0.2, 0) is 13.2 Å². The van der Waals surface area contributed by atoms with E-state index in [1.807, 2.05) is 0 Å². The Morgan fingerprint density at radius 3 is 2.41 bits per heavy atom. The van der Waals surface area contributed by atoms with E-state index in [1.54, 1.807) is 0 Å². The molecule has 3 nitrogen and oxygen atoms in total. The van der Waals surface area contributed by atoms with E-state index in [-0.39, 0.29) is 27.7 Å². The highest BCUT2D eigenvalue weighted by Crippen LogP contribution is 2.38. The number of nitrogens with zero attached hydrogens (tertiary/aromatic N) is 2. The minimum Gasteiger partial charge on any atom is -0.416 e. The second-order valence-electron chi connectivity index (χ2n) is 4.50. The summed E-state index contributed by atoms with van der Waals surface area (Å²) in [6.45, 7) is -1.80. The van der Waals surface area contributed by atoms with Crippen molar-refractivity contribution in [1.82, 2.24) is 9.78 Å². The van der Waals surface area contributed by atoms with E-state index in [2.05, 4.69) is 9.84 Å². The van der Waals surface area contributed by atoms with Gasteiger partial charge in [0.15, 0.2) is 0 Å². The van der Waals surface area contributed by atoms with Gasteiger partial charge in [-0.3, -0.25) is 0 Å². The monoisotopic (exact) mass is 340 g/mol. The van der Waals surface area contributed by atoms with Gasteiger partial charge in [-0.15, -0.1) is 0 Å². The minimum atomic E-state index is -4.47. The first-order valence-electron chi connectivity index (χ1n) is 5.96. The molecule has 9 heteroatoms. The van der Waals surface area contributed by atoms with E-state index in [4.69, 9.17) is 11.6 Å². The molecule has 0 radical (unpaired) electrons. The molecule has 0 aliphatic carbocycles. The Balaban J connectivity index is 2.47. The molecule has 0 unspecified atom stereocenters. The van der Waals surface area contributed by atoms with Crippen molar-refractivity contribution in [2.45, 2.75) is 19.7 Å². The smallest absolute Gasteiger partial charge is 0.416 e. The van der Waals surface area contributed by atoms with Crippen LogP contribution in [-0.4, -0.2) is 16.4 Å². The quantitative estimate of drug-likeness (QED) is 0.759. The van der Waals surface area contributed by atoms with Gasteiger partial charge in [-0.25, -0.2) is 4.68 Å². The van der Waals surface area contributed by atoms with Crippen LogP contribution in [0.4, 0.5) is 22.0 Å². The van der Waals surface area contributed by atoms with E-state index in [1.165, 1.54) is 26.1 Å². The number of halogens is 6. The Morgan fingerprint density at radius 2 is 1.91 bits per heavy atom. The maximum absolute atomic E-state index is 12.7. The molecule has 1 aromatic carbocycles. The van der Waals surface area contributed by atoms with Crippen molar-refractivity contribution in [3.63, 3.8) is 0 Å². The van der Waals surface area contributed by atoms with Crippen LogP contribution in [0.5, 0.6) is 5.88 Å². The Bertz CT molecular complexity index is 696. The van der Waals surface area contributed by atoms with E-state index < -0.39 is 18.4 Å². The maximum Gasteiger partial charge on any atom is 0.416 e. The van der Waals surface area contributed by atoms with Crippen molar-refractivity contribution >= 4 is 11.6 Å². The van der Waals surface area contributed by atoms with Gasteiger partial charge in [-0.05, 0) is 24.6 Å². The van der Waals surface area contributed by atoms with Crippen LogP contribution in [0.3, 0.4) is 0 Å². The third-order valence-corrected chi connectivity index (χ3v) is 3.29. The zero-order valence-corrected chi connectivity index (χ0v) is 12.1. The van der Waals surface area contributed by atoms with Gasteiger partial charge >= 0.3 is 12.8 Å². The lowest BCUT2D eigenvalue weighted by atomic mass is 10.0. The van der Waals surface area contributed by atoms with E-state index in [0.29, 0.717) is 0 Å². The summed E-state index contributed by atoms with van der Waals surface area (Å²) in [4.78, 5) is 0. The van der Waals surface area contributed by atoms with Gasteiger partial charge in [-0.2, -0.15) is 27.1 Å². The molecule has 0 aliphatic heterocycles. The van der Waals surface area contributed by atoms with Crippen molar-refractivity contribution in [2.75, 3.05) is 0 Å². The number of ether oxygens (including phenoxy) is 1. The van der Waals surface area contributed by atoms with Gasteiger partial charge in [-0.1, -0.05) is 17.7 Å². The largest absolute Gasteiger partial charge is 0.416 e. The van der Waals surface area contributed by atoms with E-state index in [0.717, 1.165) is 10.7 Å². The molecule has 0 N–H and O–H groups in total. The predicted molar refractivity (Wildman–Crippen MR) is 70.0 cm³/mol. The molecule has 2 aromatic rings. The van der Waals surface area contributed by atoms with Crippen molar-refractivity contribution in [3.05, 3.63) is 34.3 Å². The summed E-state index contributed by atoms with van der Waals surface area (Å²) in [7, 11) is 1.34. The van der Waals surface area contributed by atoms with Crippen molar-refractivity contribution in [2.24, 2.45) is 7.05 Å². The Hall–Kier alpha value is -1.83. The highest BCUT2D eigenvalue weighted by Gasteiger charge is 2.32. The molecule has 0 fully saturated rings. The Labute approximate surface area is 127 Å². The molecule has 1 heterocycles. The highest BCUT2D eigenvalue weighted by atomic mass is 35.5. The van der Waals surface area contributed by atoms with Gasteiger partial charge in [0.2, 0.25) is 5.88 Å². The van der Waals surface area contributed by atoms with Crippen LogP contribution in [0.1, 0.15) is 11.1 Å². The van der Waals surface area contributed by atoms with Crippen molar-refractivity contribution in [1.29, 1.82) is 0 Å². The molecule has 0 amide bonds. The van der Waals surface area contributed by atoms with Crippen LogP contribution in [0, 0.1) is 6.92 Å². The Morgan fingerprint density at radius 1 is 1.27 bits per heavy atom. The van der Waals surface area contributed by atoms with Gasteiger partial charge in [0.05, 0.1) is 5.56 Å². The zero-order chi connectivity index (χ0) is 16.7. The predicted octanol–water partition coefficient (Wildman–Crippen LogP) is 4.67. The van der Waals surface area contributed by atoms with Crippen LogP contribution in [0.15, 0.2) is 18.2 Å². The van der Waals surface area contributed by atoms with Gasteiger partial charge < -0.3 is 4.74 Å². The summed E-state index contributed by atoms with van der Waals surface area (Å²) in [5.41, 5.74) is -0.470. The molecular weight excluding hydrogens is 331 g/mol. The number of alkyl halides is 5. The SMILES string of the molecule is Cc1cc(-c2nn(C)c(OC(F)F)c2Cl)ccc1C(F)(F)F. The maximum atomic E-state index is 12.7. The molecule has 0 saturated heterocycles. The van der Waals surface area contributed by atoms with Crippen molar-refractivity contribution < 1.29 is 26.7 Å². The number of benzene rings is 1. The molecule has 0 spiro atoms. The van der Waals surface area contributed by atoms with E-state index in [9.17, 15) is 22.0 Å². The normalized spacial score (nSPS) is 12.0. The fraction of sp³-hybridized carbons (Fsp3) is 0.308. The Kier molecular flexibility index (Phi) is 4.32. The summed E-state index contributed by atoms with van der Waals surface area (Å²) in [6.07, 6.45) is -4.47. The highest BCUT2D eigenvalue weighted by molar-refractivity contribution is 6.34. The lowest BCUT2D eigenvalue weighted by Gasteiger charge is -2.11. The van der Waals surface area contributed by atoms with Gasteiger partial charge in [0.1, 0.15) is 10.7 Å². The van der Waals surface area contributed by atoms with Gasteiger partial charge in [0.25, 0.3) is 0 Å². The average Bonchev–Trinajstić information content (AvgIpc) is 2.64. The van der Waals surface area contributed by atoms with Crippen LogP contribution < -0.4 is 4.74 Å². The molecule has 1 aromatic heterocycles. The van der Waals surface area contributed by atoms with Gasteiger partial charge in [0, 0.05) is 12.6 Å². The fourth-order valence-corrected chi connectivity index (χ4v) is 2.32. The third-order valence-electron chi connectivity index (χ3n) is 2.95. The first kappa shape index (κ1) is 16.5. The molecule has 120 valence electrons. The molecular formula is C13H10ClF5N2O. The third kappa shape index (κ3) is 3.16. The molecule has 0 bridgehead atoms. The topological polar surface area (TPSA) is 27.1 Å². The minimum absolute atomic E-state index is 0.0250. The summed E-state index contributed by atoms with van der Waals surface area (Å²) in [6, 6.07) is 3.31. The lowest BCUT2D eigenvalue weighted by Crippen LogP contribution is -2.07. The summed E-state index contributed by atoms with van der Waals surface area (Å²) in [5.74, 6) is -0.357. The fourth-order valence-electron chi connectivity index (χ4n) is 2.01. The second-order valence-corrected chi connectivity index (χ2v) is 4.88. The molecule has 2 rings (SSSR count). The second kappa shape index (κ2) is 5.75. The first-order valence-corrected chi connectivity index (χ1v) is 6.34. The van der Waals surface area contributed by atoms with Crippen molar-refractivity contribution in [3.8, 4) is 17.1 Å².